The minimum absolute atomic E-state index is 0.0273. The summed E-state index contributed by atoms with van der Waals surface area (Å²) in [6.45, 7) is 0. The Morgan fingerprint density at radius 2 is 2.33 bits per heavy atom. The maximum atomic E-state index is 10.8. The molecule has 1 aliphatic heterocycles. The van der Waals surface area contributed by atoms with Crippen molar-refractivity contribution in [1.29, 1.82) is 0 Å². The largest absolute Gasteiger partial charge is 0.316 e. The molecule has 1 aromatic rings. The average Bonchev–Trinajstić information content (AvgIpc) is 2.57. The third kappa shape index (κ3) is 2.71. The van der Waals surface area contributed by atoms with Crippen LogP contribution in [-0.2, 0) is 16.4 Å². The number of nitrogens with one attached hydrogen (secondary N) is 1. The number of hydrogen-bond acceptors (Lipinski definition) is 6. The molecule has 2 heterocycles. The predicted molar refractivity (Wildman–Crippen MR) is 63.1 cm³/mol. The molecule has 15 heavy (non-hydrogen) atoms. The SMILES string of the molecule is NS(=O)(=O)CCc1csc2c1SNC=N2. The minimum atomic E-state index is -3.39. The zero-order valence-electron chi connectivity index (χ0n) is 7.63. The summed E-state index contributed by atoms with van der Waals surface area (Å²) in [6, 6.07) is 0. The van der Waals surface area contributed by atoms with E-state index in [-0.39, 0.29) is 5.75 Å². The molecule has 0 bridgehead atoms. The summed E-state index contributed by atoms with van der Waals surface area (Å²) in [7, 11) is -3.39. The van der Waals surface area contributed by atoms with E-state index in [0.717, 1.165) is 15.5 Å². The van der Waals surface area contributed by atoms with Gasteiger partial charge in [-0.2, -0.15) is 0 Å². The maximum Gasteiger partial charge on any atom is 0.209 e. The number of nitrogens with zero attached hydrogens (tertiary/aromatic N) is 1. The van der Waals surface area contributed by atoms with Crippen LogP contribution in [0.1, 0.15) is 5.56 Å². The van der Waals surface area contributed by atoms with Crippen LogP contribution in [0.25, 0.3) is 0 Å². The molecule has 0 radical (unpaired) electrons. The zero-order chi connectivity index (χ0) is 10.9. The molecule has 0 aliphatic carbocycles. The van der Waals surface area contributed by atoms with Crippen molar-refractivity contribution in [2.75, 3.05) is 5.75 Å². The van der Waals surface area contributed by atoms with Gasteiger partial charge in [-0.05, 0) is 29.3 Å². The van der Waals surface area contributed by atoms with Crippen LogP contribution in [0.2, 0.25) is 0 Å². The van der Waals surface area contributed by atoms with Gasteiger partial charge < -0.3 is 4.72 Å². The molecule has 82 valence electrons. The molecule has 0 amide bonds. The predicted octanol–water partition coefficient (Wildman–Crippen LogP) is 0.849. The molecule has 0 atom stereocenters. The normalized spacial score (nSPS) is 14.7. The van der Waals surface area contributed by atoms with E-state index in [4.69, 9.17) is 5.14 Å². The van der Waals surface area contributed by atoms with Crippen LogP contribution in [0.5, 0.6) is 0 Å². The number of aliphatic imine (C=N–C) groups is 1. The number of hydrogen-bond donors (Lipinski definition) is 2. The molecule has 0 unspecified atom stereocenters. The fourth-order valence-corrected chi connectivity index (χ4v) is 3.51. The molecule has 8 heteroatoms. The van der Waals surface area contributed by atoms with Crippen LogP contribution in [-0.4, -0.2) is 20.5 Å². The first-order chi connectivity index (χ1) is 7.06. The fourth-order valence-electron chi connectivity index (χ4n) is 1.16. The highest BCUT2D eigenvalue weighted by molar-refractivity contribution is 7.98. The van der Waals surface area contributed by atoms with Crippen molar-refractivity contribution >= 4 is 44.6 Å². The molecule has 0 saturated carbocycles. The lowest BCUT2D eigenvalue weighted by atomic mass is 10.3. The van der Waals surface area contributed by atoms with Crippen molar-refractivity contribution in [3.05, 3.63) is 10.9 Å². The van der Waals surface area contributed by atoms with Gasteiger partial charge in [-0.25, -0.2) is 18.5 Å². The summed E-state index contributed by atoms with van der Waals surface area (Å²) in [5.41, 5.74) is 0.985. The molecule has 1 aliphatic rings. The molecule has 3 N–H and O–H groups in total. The van der Waals surface area contributed by atoms with Crippen LogP contribution in [0, 0.1) is 0 Å². The number of sulfonamides is 1. The Balaban J connectivity index is 2.16. The van der Waals surface area contributed by atoms with Crippen LogP contribution in [0.15, 0.2) is 15.3 Å². The van der Waals surface area contributed by atoms with Crippen LogP contribution < -0.4 is 9.86 Å². The highest BCUT2D eigenvalue weighted by Crippen LogP contribution is 2.39. The van der Waals surface area contributed by atoms with Gasteiger partial charge in [0.2, 0.25) is 10.0 Å². The molecule has 5 nitrogen and oxygen atoms in total. The van der Waals surface area contributed by atoms with Gasteiger partial charge in [0.15, 0.2) is 0 Å². The second kappa shape index (κ2) is 4.12. The standard InChI is InChI=1S/C7H9N3O2S3/c8-15(11,12)2-1-5-3-13-7-6(5)14-10-4-9-7/h3-4H,1-2H2,(H,9,10)(H2,8,11,12). The van der Waals surface area contributed by atoms with Gasteiger partial charge in [-0.1, -0.05) is 0 Å². The van der Waals surface area contributed by atoms with Gasteiger partial charge in [-0.15, -0.1) is 11.3 Å². The van der Waals surface area contributed by atoms with Gasteiger partial charge in [0.1, 0.15) is 5.00 Å². The lowest BCUT2D eigenvalue weighted by Crippen LogP contribution is -2.18. The number of thiophene rings is 1. The Hall–Kier alpha value is -0.570. The number of primary sulfonamides is 1. The van der Waals surface area contributed by atoms with E-state index in [1.54, 1.807) is 6.34 Å². The van der Waals surface area contributed by atoms with Crippen molar-refractivity contribution in [1.82, 2.24) is 4.72 Å². The summed E-state index contributed by atoms with van der Waals surface area (Å²) in [5.74, 6) is -0.0273. The monoisotopic (exact) mass is 263 g/mol. The van der Waals surface area contributed by atoms with E-state index in [0.29, 0.717) is 6.42 Å². The highest BCUT2D eigenvalue weighted by atomic mass is 32.2. The van der Waals surface area contributed by atoms with Gasteiger partial charge >= 0.3 is 0 Å². The van der Waals surface area contributed by atoms with Gasteiger partial charge in [0, 0.05) is 0 Å². The van der Waals surface area contributed by atoms with Gasteiger partial charge in [0.25, 0.3) is 0 Å². The van der Waals surface area contributed by atoms with Crippen LogP contribution >= 0.6 is 23.3 Å². The van der Waals surface area contributed by atoms with Crippen molar-refractivity contribution in [2.24, 2.45) is 10.1 Å². The van der Waals surface area contributed by atoms with Crippen molar-refractivity contribution in [2.45, 2.75) is 11.3 Å². The molecule has 0 spiro atoms. The summed E-state index contributed by atoms with van der Waals surface area (Å²) >= 11 is 2.96. The summed E-state index contributed by atoms with van der Waals surface area (Å²) < 4.78 is 24.6. The highest BCUT2D eigenvalue weighted by Gasteiger charge is 2.15. The number of rotatable bonds is 3. The quantitative estimate of drug-likeness (QED) is 0.792. The maximum absolute atomic E-state index is 10.8. The Kier molecular flexibility index (Phi) is 3.01. The topological polar surface area (TPSA) is 84.5 Å². The molecular formula is C7H9N3O2S3. The molecule has 0 aromatic carbocycles. The second-order valence-corrected chi connectivity index (χ2v) is 6.43. The number of aryl methyl sites for hydroxylation is 1. The van der Waals surface area contributed by atoms with E-state index in [1.807, 2.05) is 5.38 Å². The minimum Gasteiger partial charge on any atom is -0.316 e. The van der Waals surface area contributed by atoms with E-state index >= 15 is 0 Å². The molecule has 2 rings (SSSR count). The first kappa shape index (κ1) is 10.9. The van der Waals surface area contributed by atoms with Crippen molar-refractivity contribution in [3.63, 3.8) is 0 Å². The third-order valence-electron chi connectivity index (χ3n) is 1.85. The van der Waals surface area contributed by atoms with Crippen molar-refractivity contribution < 1.29 is 8.42 Å². The van der Waals surface area contributed by atoms with Crippen molar-refractivity contribution in [3.8, 4) is 0 Å². The van der Waals surface area contributed by atoms with Crippen LogP contribution in [0.3, 0.4) is 0 Å². The third-order valence-corrected chi connectivity index (χ3v) is 4.57. The average molecular weight is 263 g/mol. The van der Waals surface area contributed by atoms with Gasteiger partial charge in [-0.3, -0.25) is 0 Å². The molecular weight excluding hydrogens is 254 g/mol. The van der Waals surface area contributed by atoms with Crippen LogP contribution in [0.4, 0.5) is 5.00 Å². The molecule has 0 saturated heterocycles. The van der Waals surface area contributed by atoms with E-state index < -0.39 is 10.0 Å². The first-order valence-electron chi connectivity index (χ1n) is 4.12. The Bertz CT molecular complexity index is 492. The number of nitrogens with two attached hydrogens (primary N) is 1. The summed E-state index contributed by atoms with van der Waals surface area (Å²) in [4.78, 5) is 5.14. The Morgan fingerprint density at radius 1 is 1.53 bits per heavy atom. The van der Waals surface area contributed by atoms with Gasteiger partial charge in [0.05, 0.1) is 17.0 Å². The van der Waals surface area contributed by atoms with E-state index in [1.165, 1.54) is 23.3 Å². The molecule has 0 fully saturated rings. The molecule has 1 aromatic heterocycles. The zero-order valence-corrected chi connectivity index (χ0v) is 10.1. The smallest absolute Gasteiger partial charge is 0.209 e. The Morgan fingerprint density at radius 3 is 3.07 bits per heavy atom. The fraction of sp³-hybridized carbons (Fsp3) is 0.286. The van der Waals surface area contributed by atoms with E-state index in [2.05, 4.69) is 9.71 Å². The number of fused-ring (bicyclic) bond motifs is 1. The lowest BCUT2D eigenvalue weighted by molar-refractivity contribution is 0.597. The second-order valence-electron chi connectivity index (χ2n) is 2.99. The first-order valence-corrected chi connectivity index (χ1v) is 7.53. The van der Waals surface area contributed by atoms with E-state index in [9.17, 15) is 8.42 Å². The summed E-state index contributed by atoms with van der Waals surface area (Å²) in [6.07, 6.45) is 2.06. The Labute approximate surface area is 96.0 Å². The summed E-state index contributed by atoms with van der Waals surface area (Å²) in [5, 5.41) is 7.80. The lowest BCUT2D eigenvalue weighted by Gasteiger charge is -2.07.